The standard InChI is InChI=1S/C17H27NO2.ClH/c1-16(2,18)15(17(19)11-5-4-6-12-17)13-7-9-14(20-3)10-8-13;/h7-10,15,19H,4-6,11-12,18H2,1-3H3;1H. The second-order valence-electron chi connectivity index (χ2n) is 6.69. The Morgan fingerprint density at radius 2 is 1.67 bits per heavy atom. The topological polar surface area (TPSA) is 55.5 Å². The highest BCUT2D eigenvalue weighted by Gasteiger charge is 2.45. The molecule has 3 N–H and O–H groups in total. The molecule has 1 saturated carbocycles. The molecule has 1 aromatic rings. The Morgan fingerprint density at radius 1 is 1.14 bits per heavy atom. The zero-order valence-corrected chi connectivity index (χ0v) is 14.1. The van der Waals surface area contributed by atoms with E-state index in [2.05, 4.69) is 0 Å². The van der Waals surface area contributed by atoms with Crippen LogP contribution in [0.15, 0.2) is 24.3 Å². The first-order chi connectivity index (χ1) is 9.37. The van der Waals surface area contributed by atoms with E-state index in [-0.39, 0.29) is 18.3 Å². The smallest absolute Gasteiger partial charge is 0.118 e. The van der Waals surface area contributed by atoms with Crippen LogP contribution in [0.2, 0.25) is 0 Å². The van der Waals surface area contributed by atoms with E-state index in [4.69, 9.17) is 10.5 Å². The van der Waals surface area contributed by atoms with Crippen molar-refractivity contribution in [2.45, 2.75) is 63.0 Å². The summed E-state index contributed by atoms with van der Waals surface area (Å²) in [4.78, 5) is 0. The Labute approximate surface area is 134 Å². The molecular formula is C17H28ClNO2. The number of ether oxygens (including phenoxy) is 1. The van der Waals surface area contributed by atoms with Gasteiger partial charge in [0.05, 0.1) is 12.7 Å². The molecule has 1 unspecified atom stereocenters. The minimum atomic E-state index is -0.689. The van der Waals surface area contributed by atoms with Crippen LogP contribution in [0.5, 0.6) is 5.75 Å². The minimum absolute atomic E-state index is 0. The lowest BCUT2D eigenvalue weighted by molar-refractivity contribution is -0.0394. The normalized spacial score (nSPS) is 19.5. The summed E-state index contributed by atoms with van der Waals surface area (Å²) in [6.07, 6.45) is 5.05. The number of nitrogens with two attached hydrogens (primary N) is 1. The van der Waals surface area contributed by atoms with Gasteiger partial charge in [-0.3, -0.25) is 0 Å². The highest BCUT2D eigenvalue weighted by atomic mass is 35.5. The van der Waals surface area contributed by atoms with Crippen molar-refractivity contribution in [3.63, 3.8) is 0 Å². The maximum Gasteiger partial charge on any atom is 0.118 e. The summed E-state index contributed by atoms with van der Waals surface area (Å²) in [5, 5.41) is 11.1. The number of hydrogen-bond donors (Lipinski definition) is 2. The largest absolute Gasteiger partial charge is 0.497 e. The van der Waals surface area contributed by atoms with Gasteiger partial charge in [0.25, 0.3) is 0 Å². The van der Waals surface area contributed by atoms with Crippen LogP contribution in [-0.2, 0) is 0 Å². The van der Waals surface area contributed by atoms with Gasteiger partial charge >= 0.3 is 0 Å². The van der Waals surface area contributed by atoms with Crippen molar-refractivity contribution in [2.75, 3.05) is 7.11 Å². The van der Waals surface area contributed by atoms with Gasteiger partial charge in [-0.15, -0.1) is 12.4 Å². The molecule has 21 heavy (non-hydrogen) atoms. The molecule has 0 saturated heterocycles. The van der Waals surface area contributed by atoms with Crippen LogP contribution in [0.1, 0.15) is 57.4 Å². The van der Waals surface area contributed by atoms with E-state index in [0.717, 1.165) is 37.0 Å². The van der Waals surface area contributed by atoms with Crippen molar-refractivity contribution < 1.29 is 9.84 Å². The maximum absolute atomic E-state index is 11.1. The molecule has 0 heterocycles. The molecule has 0 aromatic heterocycles. The molecule has 1 aromatic carbocycles. The van der Waals surface area contributed by atoms with E-state index < -0.39 is 11.1 Å². The molecule has 2 rings (SSSR count). The van der Waals surface area contributed by atoms with Gasteiger partial charge in [0.2, 0.25) is 0 Å². The average Bonchev–Trinajstić information content (AvgIpc) is 2.38. The first-order valence-electron chi connectivity index (χ1n) is 7.52. The van der Waals surface area contributed by atoms with Gasteiger partial charge in [-0.05, 0) is 44.4 Å². The first-order valence-corrected chi connectivity index (χ1v) is 7.52. The van der Waals surface area contributed by atoms with Crippen molar-refractivity contribution in [2.24, 2.45) is 5.73 Å². The fourth-order valence-corrected chi connectivity index (χ4v) is 3.68. The van der Waals surface area contributed by atoms with Crippen LogP contribution in [0.3, 0.4) is 0 Å². The van der Waals surface area contributed by atoms with E-state index in [1.807, 2.05) is 38.1 Å². The Hall–Kier alpha value is -0.770. The molecule has 1 fully saturated rings. The summed E-state index contributed by atoms with van der Waals surface area (Å²) in [6, 6.07) is 7.95. The number of benzene rings is 1. The fraction of sp³-hybridized carbons (Fsp3) is 0.647. The zero-order chi connectivity index (χ0) is 14.8. The van der Waals surface area contributed by atoms with E-state index in [1.54, 1.807) is 7.11 Å². The van der Waals surface area contributed by atoms with Gasteiger partial charge in [0.15, 0.2) is 0 Å². The molecule has 0 radical (unpaired) electrons. The maximum atomic E-state index is 11.1. The van der Waals surface area contributed by atoms with Crippen LogP contribution in [0.25, 0.3) is 0 Å². The van der Waals surface area contributed by atoms with Crippen molar-refractivity contribution >= 4 is 12.4 Å². The number of halogens is 1. The van der Waals surface area contributed by atoms with Crippen molar-refractivity contribution in [1.82, 2.24) is 0 Å². The van der Waals surface area contributed by atoms with Gasteiger partial charge in [-0.2, -0.15) is 0 Å². The van der Waals surface area contributed by atoms with E-state index >= 15 is 0 Å². The summed E-state index contributed by atoms with van der Waals surface area (Å²) in [6.45, 7) is 4.02. The first kappa shape index (κ1) is 18.3. The van der Waals surface area contributed by atoms with E-state index in [0.29, 0.717) is 0 Å². The fourth-order valence-electron chi connectivity index (χ4n) is 3.68. The lowest BCUT2D eigenvalue weighted by Gasteiger charge is -2.46. The van der Waals surface area contributed by atoms with Crippen LogP contribution in [-0.4, -0.2) is 23.4 Å². The Morgan fingerprint density at radius 3 is 2.10 bits per heavy atom. The van der Waals surface area contributed by atoms with Crippen LogP contribution < -0.4 is 10.5 Å². The molecule has 0 aliphatic heterocycles. The van der Waals surface area contributed by atoms with Crippen molar-refractivity contribution in [3.8, 4) is 5.75 Å². The number of rotatable bonds is 4. The minimum Gasteiger partial charge on any atom is -0.497 e. The van der Waals surface area contributed by atoms with E-state index in [1.165, 1.54) is 6.42 Å². The molecule has 3 nitrogen and oxygen atoms in total. The molecule has 0 bridgehead atoms. The quantitative estimate of drug-likeness (QED) is 0.892. The summed E-state index contributed by atoms with van der Waals surface area (Å²) < 4.78 is 5.21. The van der Waals surface area contributed by atoms with Gasteiger partial charge in [-0.25, -0.2) is 0 Å². The van der Waals surface area contributed by atoms with Gasteiger partial charge in [0, 0.05) is 11.5 Å². The van der Waals surface area contributed by atoms with Gasteiger partial charge < -0.3 is 15.6 Å². The zero-order valence-electron chi connectivity index (χ0n) is 13.3. The van der Waals surface area contributed by atoms with Gasteiger partial charge in [0.1, 0.15) is 5.75 Å². The summed E-state index contributed by atoms with van der Waals surface area (Å²) >= 11 is 0. The van der Waals surface area contributed by atoms with Crippen LogP contribution in [0, 0.1) is 0 Å². The molecular weight excluding hydrogens is 286 g/mol. The highest BCUT2D eigenvalue weighted by Crippen LogP contribution is 2.44. The molecule has 1 aliphatic carbocycles. The second kappa shape index (κ2) is 6.99. The predicted molar refractivity (Wildman–Crippen MR) is 89.3 cm³/mol. The molecule has 120 valence electrons. The highest BCUT2D eigenvalue weighted by molar-refractivity contribution is 5.85. The lowest BCUT2D eigenvalue weighted by Crippen LogP contribution is -2.52. The third-order valence-corrected chi connectivity index (χ3v) is 4.45. The number of aliphatic hydroxyl groups is 1. The molecule has 1 atom stereocenters. The summed E-state index contributed by atoms with van der Waals surface area (Å²) in [5.74, 6) is 0.777. The third-order valence-electron chi connectivity index (χ3n) is 4.45. The Balaban J connectivity index is 0.00000220. The van der Waals surface area contributed by atoms with Gasteiger partial charge in [-0.1, -0.05) is 31.4 Å². The number of hydrogen-bond acceptors (Lipinski definition) is 3. The molecule has 0 spiro atoms. The van der Waals surface area contributed by atoms with Crippen molar-refractivity contribution in [3.05, 3.63) is 29.8 Å². The summed E-state index contributed by atoms with van der Waals surface area (Å²) in [7, 11) is 1.66. The van der Waals surface area contributed by atoms with Crippen LogP contribution >= 0.6 is 12.4 Å². The molecule has 1 aliphatic rings. The van der Waals surface area contributed by atoms with Crippen LogP contribution in [0.4, 0.5) is 0 Å². The third kappa shape index (κ3) is 4.12. The Kier molecular flexibility index (Phi) is 6.09. The van der Waals surface area contributed by atoms with Crippen molar-refractivity contribution in [1.29, 1.82) is 0 Å². The SMILES string of the molecule is COc1ccc(C(C(C)(C)N)C2(O)CCCCC2)cc1.Cl. The Bertz CT molecular complexity index is 433. The molecule has 0 amide bonds. The lowest BCUT2D eigenvalue weighted by atomic mass is 9.66. The predicted octanol–water partition coefficient (Wildman–Crippen LogP) is 3.63. The molecule has 4 heteroatoms. The summed E-state index contributed by atoms with van der Waals surface area (Å²) in [5.41, 5.74) is 6.36. The average molecular weight is 314 g/mol. The van der Waals surface area contributed by atoms with E-state index in [9.17, 15) is 5.11 Å². The monoisotopic (exact) mass is 313 g/mol. The second-order valence-corrected chi connectivity index (χ2v) is 6.69. The number of methoxy groups -OCH3 is 1.